The van der Waals surface area contributed by atoms with Gasteiger partial charge in [0.15, 0.2) is 6.04 Å². The molecule has 0 saturated carbocycles. The highest BCUT2D eigenvalue weighted by Gasteiger charge is 2.43. The second-order valence-electron chi connectivity index (χ2n) is 4.93. The SMILES string of the molecule is CC[NH+](CC)[C@@H]1CC(=O)N(Cc2ccccc2)C1=O. The number of hydrogen-bond donors (Lipinski definition) is 1. The number of hydrogen-bond acceptors (Lipinski definition) is 2. The van der Waals surface area contributed by atoms with E-state index in [4.69, 9.17) is 0 Å². The van der Waals surface area contributed by atoms with Crippen molar-refractivity contribution in [3.63, 3.8) is 0 Å². The highest BCUT2D eigenvalue weighted by Crippen LogP contribution is 2.15. The van der Waals surface area contributed by atoms with E-state index in [1.165, 1.54) is 9.80 Å². The third-order valence-corrected chi connectivity index (χ3v) is 3.83. The third-order valence-electron chi connectivity index (χ3n) is 3.83. The van der Waals surface area contributed by atoms with Gasteiger partial charge in [-0.1, -0.05) is 30.3 Å². The van der Waals surface area contributed by atoms with Crippen molar-refractivity contribution in [3.05, 3.63) is 35.9 Å². The Morgan fingerprint density at radius 2 is 1.79 bits per heavy atom. The largest absolute Gasteiger partial charge is 0.325 e. The zero-order valence-corrected chi connectivity index (χ0v) is 11.6. The second-order valence-corrected chi connectivity index (χ2v) is 4.93. The summed E-state index contributed by atoms with van der Waals surface area (Å²) in [6.45, 7) is 6.25. The van der Waals surface area contributed by atoms with Crippen molar-refractivity contribution < 1.29 is 14.5 Å². The number of imide groups is 1. The molecule has 0 aromatic heterocycles. The van der Waals surface area contributed by atoms with Crippen LogP contribution in [-0.4, -0.2) is 35.8 Å². The van der Waals surface area contributed by atoms with Gasteiger partial charge in [0.2, 0.25) is 5.91 Å². The highest BCUT2D eigenvalue weighted by atomic mass is 16.2. The molecule has 19 heavy (non-hydrogen) atoms. The molecule has 1 atom stereocenters. The topological polar surface area (TPSA) is 41.8 Å². The Balaban J connectivity index is 2.11. The first-order valence-electron chi connectivity index (χ1n) is 6.90. The predicted molar refractivity (Wildman–Crippen MR) is 72.4 cm³/mol. The molecule has 0 bridgehead atoms. The average molecular weight is 261 g/mol. The summed E-state index contributed by atoms with van der Waals surface area (Å²) in [5, 5.41) is 0. The second kappa shape index (κ2) is 5.97. The number of nitrogens with one attached hydrogen (secondary N) is 1. The molecular weight excluding hydrogens is 240 g/mol. The number of benzene rings is 1. The number of carbonyl (C=O) groups excluding carboxylic acids is 2. The highest BCUT2D eigenvalue weighted by molar-refractivity contribution is 6.04. The Kier molecular flexibility index (Phi) is 4.32. The third kappa shape index (κ3) is 2.84. The lowest BCUT2D eigenvalue weighted by Crippen LogP contribution is -3.16. The molecule has 1 aliphatic heterocycles. The fourth-order valence-corrected chi connectivity index (χ4v) is 2.68. The normalized spacial score (nSPS) is 19.5. The minimum absolute atomic E-state index is 0.0208. The Labute approximate surface area is 114 Å². The van der Waals surface area contributed by atoms with Gasteiger partial charge in [-0.3, -0.25) is 14.5 Å². The van der Waals surface area contributed by atoms with Crippen LogP contribution >= 0.6 is 0 Å². The predicted octanol–water partition coefficient (Wildman–Crippen LogP) is 0.239. The molecule has 0 radical (unpaired) electrons. The van der Waals surface area contributed by atoms with Crippen LogP contribution < -0.4 is 4.90 Å². The summed E-state index contributed by atoms with van der Waals surface area (Å²) >= 11 is 0. The van der Waals surface area contributed by atoms with Crippen molar-refractivity contribution in [2.75, 3.05) is 13.1 Å². The van der Waals surface area contributed by atoms with Crippen molar-refractivity contribution in [3.8, 4) is 0 Å². The van der Waals surface area contributed by atoms with E-state index >= 15 is 0 Å². The van der Waals surface area contributed by atoms with Crippen LogP contribution in [0, 0.1) is 0 Å². The van der Waals surface area contributed by atoms with Crippen LogP contribution in [0.4, 0.5) is 0 Å². The Bertz CT molecular complexity index is 454. The maximum Gasteiger partial charge on any atom is 0.288 e. The summed E-state index contributed by atoms with van der Waals surface area (Å²) in [7, 11) is 0. The van der Waals surface area contributed by atoms with Crippen LogP contribution in [0.15, 0.2) is 30.3 Å². The van der Waals surface area contributed by atoms with E-state index in [2.05, 4.69) is 13.8 Å². The summed E-state index contributed by atoms with van der Waals surface area (Å²) < 4.78 is 0. The van der Waals surface area contributed by atoms with Crippen LogP contribution in [0.2, 0.25) is 0 Å². The van der Waals surface area contributed by atoms with Gasteiger partial charge in [0, 0.05) is 0 Å². The summed E-state index contributed by atoms with van der Waals surface area (Å²) in [4.78, 5) is 27.0. The van der Waals surface area contributed by atoms with Gasteiger partial charge in [-0.05, 0) is 19.4 Å². The lowest BCUT2D eigenvalue weighted by atomic mass is 10.2. The van der Waals surface area contributed by atoms with Gasteiger partial charge in [0.1, 0.15) is 0 Å². The van der Waals surface area contributed by atoms with Crippen molar-refractivity contribution in [1.29, 1.82) is 0 Å². The smallest absolute Gasteiger partial charge is 0.288 e. The van der Waals surface area contributed by atoms with Gasteiger partial charge in [-0.2, -0.15) is 0 Å². The molecule has 1 aromatic rings. The zero-order valence-electron chi connectivity index (χ0n) is 11.6. The first kappa shape index (κ1) is 13.7. The van der Waals surface area contributed by atoms with Gasteiger partial charge >= 0.3 is 0 Å². The molecule has 0 aliphatic carbocycles. The average Bonchev–Trinajstić information content (AvgIpc) is 2.70. The maximum atomic E-state index is 12.4. The van der Waals surface area contributed by atoms with Crippen molar-refractivity contribution >= 4 is 11.8 Å². The number of carbonyl (C=O) groups is 2. The van der Waals surface area contributed by atoms with Gasteiger partial charge in [-0.15, -0.1) is 0 Å². The van der Waals surface area contributed by atoms with Gasteiger partial charge in [0.25, 0.3) is 5.91 Å². The molecule has 1 aromatic carbocycles. The number of likely N-dealkylation sites (N-methyl/N-ethyl adjacent to an activating group) is 1. The van der Waals surface area contributed by atoms with E-state index in [0.717, 1.165) is 18.7 Å². The van der Waals surface area contributed by atoms with Crippen molar-refractivity contribution in [2.24, 2.45) is 0 Å². The monoisotopic (exact) mass is 261 g/mol. The number of quaternary nitrogens is 1. The van der Waals surface area contributed by atoms with E-state index in [0.29, 0.717) is 13.0 Å². The molecule has 1 heterocycles. The summed E-state index contributed by atoms with van der Waals surface area (Å²) in [6, 6.07) is 9.48. The molecule has 1 saturated heterocycles. The van der Waals surface area contributed by atoms with E-state index < -0.39 is 0 Å². The minimum atomic E-state index is -0.189. The number of likely N-dealkylation sites (tertiary alicyclic amines) is 1. The Morgan fingerprint density at radius 1 is 1.16 bits per heavy atom. The van der Waals surface area contributed by atoms with Crippen molar-refractivity contribution in [2.45, 2.75) is 32.9 Å². The Morgan fingerprint density at radius 3 is 2.37 bits per heavy atom. The van der Waals surface area contributed by atoms with Crippen LogP contribution in [0.1, 0.15) is 25.8 Å². The molecule has 4 heteroatoms. The maximum absolute atomic E-state index is 12.4. The molecule has 1 fully saturated rings. The molecule has 102 valence electrons. The molecule has 0 spiro atoms. The zero-order chi connectivity index (χ0) is 13.8. The van der Waals surface area contributed by atoms with Crippen LogP contribution in [-0.2, 0) is 16.1 Å². The van der Waals surface area contributed by atoms with Crippen LogP contribution in [0.5, 0.6) is 0 Å². The molecule has 2 amide bonds. The quantitative estimate of drug-likeness (QED) is 0.772. The number of rotatable bonds is 5. The first-order valence-corrected chi connectivity index (χ1v) is 6.90. The lowest BCUT2D eigenvalue weighted by Gasteiger charge is -2.21. The van der Waals surface area contributed by atoms with E-state index in [1.54, 1.807) is 0 Å². The lowest BCUT2D eigenvalue weighted by molar-refractivity contribution is -0.911. The molecule has 1 aliphatic rings. The molecule has 2 rings (SSSR count). The molecule has 0 unspecified atom stereocenters. The molecular formula is C15H21N2O2+. The molecule has 4 nitrogen and oxygen atoms in total. The number of nitrogens with zero attached hydrogens (tertiary/aromatic N) is 1. The van der Waals surface area contributed by atoms with Crippen LogP contribution in [0.25, 0.3) is 0 Å². The molecule has 1 N–H and O–H groups in total. The number of amides is 2. The van der Waals surface area contributed by atoms with E-state index in [-0.39, 0.29) is 17.9 Å². The fraction of sp³-hybridized carbons (Fsp3) is 0.467. The van der Waals surface area contributed by atoms with Gasteiger partial charge < -0.3 is 4.90 Å². The summed E-state index contributed by atoms with van der Waals surface area (Å²) in [5.41, 5.74) is 0.999. The van der Waals surface area contributed by atoms with E-state index in [9.17, 15) is 9.59 Å². The standard InChI is InChI=1S/C15H20N2O2/c1-3-16(4-2)13-10-14(18)17(15(13)19)11-12-8-6-5-7-9-12/h5-9,13H,3-4,10-11H2,1-2H3/p+1/t13-/m1/s1. The van der Waals surface area contributed by atoms with Crippen LogP contribution in [0.3, 0.4) is 0 Å². The first-order chi connectivity index (χ1) is 9.17. The summed E-state index contributed by atoms with van der Waals surface area (Å²) in [5.74, 6) is -0.0641. The Hall–Kier alpha value is -1.68. The van der Waals surface area contributed by atoms with Crippen molar-refractivity contribution in [1.82, 2.24) is 4.90 Å². The minimum Gasteiger partial charge on any atom is -0.325 e. The van der Waals surface area contributed by atoms with Gasteiger partial charge in [0.05, 0.1) is 26.1 Å². The van der Waals surface area contributed by atoms with Gasteiger partial charge in [-0.25, -0.2) is 0 Å². The fourth-order valence-electron chi connectivity index (χ4n) is 2.68. The van der Waals surface area contributed by atoms with E-state index in [1.807, 2.05) is 30.3 Å². The summed E-state index contributed by atoms with van der Waals surface area (Å²) in [6.07, 6.45) is 0.350.